The normalized spacial score (nSPS) is 13.1. The molecule has 5 N–H and O–H groups in total. The summed E-state index contributed by atoms with van der Waals surface area (Å²) in [5, 5.41) is 15.0. The number of benzene rings is 2. The molecule has 2 aromatic rings. The number of allylic oxidation sites excluding steroid dienone is 1. The van der Waals surface area contributed by atoms with Gasteiger partial charge in [0.15, 0.2) is 0 Å². The summed E-state index contributed by atoms with van der Waals surface area (Å²) in [5.74, 6) is -0.521. The lowest BCUT2D eigenvalue weighted by Crippen LogP contribution is -2.50. The minimum Gasteiger partial charge on any atom is -0.508 e. The van der Waals surface area contributed by atoms with Gasteiger partial charge >= 0.3 is 0 Å². The second-order valence-electron chi connectivity index (χ2n) is 7.20. The molecule has 0 fully saturated rings. The number of phenols is 1. The fourth-order valence-electron chi connectivity index (χ4n) is 3.07. The van der Waals surface area contributed by atoms with E-state index in [4.69, 9.17) is 5.73 Å². The van der Waals surface area contributed by atoms with Crippen molar-refractivity contribution < 1.29 is 14.7 Å². The molecule has 2 rings (SSSR count). The highest BCUT2D eigenvalue weighted by molar-refractivity contribution is 5.89. The molecule has 0 aromatic heterocycles. The molecule has 0 saturated carbocycles. The zero-order valence-corrected chi connectivity index (χ0v) is 17.1. The van der Waals surface area contributed by atoms with Crippen LogP contribution < -0.4 is 16.4 Å². The smallest absolute Gasteiger partial charge is 0.246 e. The fraction of sp³-hybridized carbons (Fsp3) is 0.304. The maximum absolute atomic E-state index is 12.4. The van der Waals surface area contributed by atoms with Gasteiger partial charge in [-0.05, 0) is 68.0 Å². The molecule has 0 unspecified atom stereocenters. The van der Waals surface area contributed by atoms with Crippen LogP contribution in [0, 0.1) is 13.8 Å². The van der Waals surface area contributed by atoms with Gasteiger partial charge in [-0.25, -0.2) is 0 Å². The molecule has 2 aromatic carbocycles. The molecule has 0 spiro atoms. The van der Waals surface area contributed by atoms with E-state index < -0.39 is 18.0 Å². The van der Waals surface area contributed by atoms with Crippen molar-refractivity contribution in [2.75, 3.05) is 0 Å². The standard InChI is InChI=1S/C23H29N3O3/c1-15-12-19(27)13-16(2)20(15)14-21(24)23(29)26-17(3)22(28)25-11-7-10-18-8-5-4-6-9-18/h4-9,11-13,17,21,27H,10,14,24H2,1-3H3,(H,25,28)(H,26,29)/b11-7+/t17-,21+/m1/s1. The molecule has 0 aliphatic heterocycles. The fourth-order valence-corrected chi connectivity index (χ4v) is 3.07. The summed E-state index contributed by atoms with van der Waals surface area (Å²) in [5.41, 5.74) is 9.86. The third-order valence-corrected chi connectivity index (χ3v) is 4.73. The predicted molar refractivity (Wildman–Crippen MR) is 114 cm³/mol. The Morgan fingerprint density at radius 3 is 2.34 bits per heavy atom. The van der Waals surface area contributed by atoms with Gasteiger partial charge in [0.25, 0.3) is 0 Å². The number of carbonyl (C=O) groups excluding carboxylic acids is 2. The Morgan fingerprint density at radius 1 is 1.10 bits per heavy atom. The van der Waals surface area contributed by atoms with Crippen LogP contribution in [-0.4, -0.2) is 29.0 Å². The summed E-state index contributed by atoms with van der Waals surface area (Å²) in [6.45, 7) is 5.34. The molecule has 2 amide bonds. The highest BCUT2D eigenvalue weighted by Crippen LogP contribution is 2.21. The van der Waals surface area contributed by atoms with E-state index in [1.54, 1.807) is 25.3 Å². The lowest BCUT2D eigenvalue weighted by atomic mass is 9.96. The topological polar surface area (TPSA) is 104 Å². The first kappa shape index (κ1) is 22.2. The number of nitrogens with two attached hydrogens (primary N) is 1. The quantitative estimate of drug-likeness (QED) is 0.550. The molecule has 6 heteroatoms. The maximum Gasteiger partial charge on any atom is 0.246 e. The van der Waals surface area contributed by atoms with Crippen molar-refractivity contribution in [3.8, 4) is 5.75 Å². The number of hydrogen-bond donors (Lipinski definition) is 4. The molecule has 6 nitrogen and oxygen atoms in total. The van der Waals surface area contributed by atoms with Gasteiger partial charge < -0.3 is 21.5 Å². The van der Waals surface area contributed by atoms with Crippen LogP contribution in [0.2, 0.25) is 0 Å². The van der Waals surface area contributed by atoms with Gasteiger partial charge in [0.1, 0.15) is 11.8 Å². The van der Waals surface area contributed by atoms with Crippen molar-refractivity contribution in [2.45, 2.75) is 45.7 Å². The molecule has 0 saturated heterocycles. The van der Waals surface area contributed by atoms with Crippen molar-refractivity contribution in [2.24, 2.45) is 5.73 Å². The van der Waals surface area contributed by atoms with Crippen LogP contribution in [0.15, 0.2) is 54.7 Å². The number of amides is 2. The van der Waals surface area contributed by atoms with Crippen molar-refractivity contribution in [1.82, 2.24) is 10.6 Å². The second kappa shape index (κ2) is 10.4. The van der Waals surface area contributed by atoms with Gasteiger partial charge in [-0.1, -0.05) is 36.4 Å². The molecule has 0 aliphatic carbocycles. The van der Waals surface area contributed by atoms with Crippen LogP contribution in [0.4, 0.5) is 0 Å². The number of aryl methyl sites for hydroxylation is 2. The highest BCUT2D eigenvalue weighted by atomic mass is 16.3. The van der Waals surface area contributed by atoms with Crippen LogP contribution in [0.3, 0.4) is 0 Å². The number of aromatic hydroxyl groups is 1. The van der Waals surface area contributed by atoms with Crippen LogP contribution in [0.25, 0.3) is 0 Å². The van der Waals surface area contributed by atoms with Crippen LogP contribution >= 0.6 is 0 Å². The predicted octanol–water partition coefficient (Wildman–Crippen LogP) is 2.26. The summed E-state index contributed by atoms with van der Waals surface area (Å²) >= 11 is 0. The summed E-state index contributed by atoms with van der Waals surface area (Å²) in [6, 6.07) is 11.7. The van der Waals surface area contributed by atoms with Crippen molar-refractivity contribution in [1.29, 1.82) is 0 Å². The van der Waals surface area contributed by atoms with Gasteiger partial charge in [-0.2, -0.15) is 0 Å². The Kier molecular flexibility index (Phi) is 7.98. The van der Waals surface area contributed by atoms with E-state index >= 15 is 0 Å². The average Bonchev–Trinajstić information content (AvgIpc) is 2.68. The van der Waals surface area contributed by atoms with Gasteiger partial charge in [0, 0.05) is 6.20 Å². The Balaban J connectivity index is 1.83. The minimum atomic E-state index is -0.791. The molecule has 0 aliphatic rings. The monoisotopic (exact) mass is 395 g/mol. The van der Waals surface area contributed by atoms with Gasteiger partial charge in [0.2, 0.25) is 11.8 Å². The Labute approximate surface area is 171 Å². The van der Waals surface area contributed by atoms with Crippen LogP contribution in [0.5, 0.6) is 5.75 Å². The molecule has 0 heterocycles. The van der Waals surface area contributed by atoms with Gasteiger partial charge in [-0.15, -0.1) is 0 Å². The van der Waals surface area contributed by atoms with E-state index in [0.717, 1.165) is 22.3 Å². The molecular weight excluding hydrogens is 366 g/mol. The number of nitrogens with one attached hydrogen (secondary N) is 2. The van der Waals surface area contributed by atoms with E-state index in [1.165, 1.54) is 0 Å². The van der Waals surface area contributed by atoms with E-state index in [0.29, 0.717) is 12.8 Å². The SMILES string of the molecule is Cc1cc(O)cc(C)c1C[C@H](N)C(=O)N[C@H](C)C(=O)N/C=C/Cc1ccccc1. The third-order valence-electron chi connectivity index (χ3n) is 4.73. The first-order chi connectivity index (χ1) is 13.8. The molecule has 29 heavy (non-hydrogen) atoms. The summed E-state index contributed by atoms with van der Waals surface area (Å²) in [4.78, 5) is 24.6. The average molecular weight is 396 g/mol. The Bertz CT molecular complexity index is 855. The maximum atomic E-state index is 12.4. The summed E-state index contributed by atoms with van der Waals surface area (Å²) in [7, 11) is 0. The van der Waals surface area contributed by atoms with E-state index in [2.05, 4.69) is 10.6 Å². The number of phenolic OH excluding ortho intramolecular Hbond substituents is 1. The van der Waals surface area contributed by atoms with Crippen molar-refractivity contribution >= 4 is 11.8 Å². The van der Waals surface area contributed by atoms with Crippen LogP contribution in [-0.2, 0) is 22.4 Å². The summed E-state index contributed by atoms with van der Waals surface area (Å²) < 4.78 is 0. The highest BCUT2D eigenvalue weighted by Gasteiger charge is 2.21. The zero-order valence-electron chi connectivity index (χ0n) is 17.1. The van der Waals surface area contributed by atoms with Crippen molar-refractivity contribution in [3.05, 3.63) is 77.0 Å². The molecule has 0 bridgehead atoms. The molecule has 2 atom stereocenters. The third kappa shape index (κ3) is 6.76. The number of hydrogen-bond acceptors (Lipinski definition) is 4. The number of rotatable bonds is 8. The second-order valence-corrected chi connectivity index (χ2v) is 7.20. The van der Waals surface area contributed by atoms with E-state index in [1.807, 2.05) is 50.3 Å². The number of carbonyl (C=O) groups is 2. The Hall–Kier alpha value is -3.12. The zero-order chi connectivity index (χ0) is 21.4. The lowest BCUT2D eigenvalue weighted by Gasteiger charge is -2.18. The summed E-state index contributed by atoms with van der Waals surface area (Å²) in [6.07, 6.45) is 4.47. The van der Waals surface area contributed by atoms with E-state index in [-0.39, 0.29) is 11.7 Å². The van der Waals surface area contributed by atoms with Crippen molar-refractivity contribution in [3.63, 3.8) is 0 Å². The Morgan fingerprint density at radius 2 is 1.72 bits per heavy atom. The van der Waals surface area contributed by atoms with Gasteiger partial charge in [-0.3, -0.25) is 9.59 Å². The molecular formula is C23H29N3O3. The minimum absolute atomic E-state index is 0.187. The molecule has 0 radical (unpaired) electrons. The van der Waals surface area contributed by atoms with E-state index in [9.17, 15) is 14.7 Å². The lowest BCUT2D eigenvalue weighted by molar-refractivity contribution is -0.128. The largest absolute Gasteiger partial charge is 0.508 e. The van der Waals surface area contributed by atoms with Crippen LogP contribution in [0.1, 0.15) is 29.2 Å². The molecule has 154 valence electrons. The first-order valence-corrected chi connectivity index (χ1v) is 9.62. The first-order valence-electron chi connectivity index (χ1n) is 9.62. The van der Waals surface area contributed by atoms with Gasteiger partial charge in [0.05, 0.1) is 6.04 Å².